The Labute approximate surface area is 140 Å². The van der Waals surface area contributed by atoms with Crippen LogP contribution in [-0.4, -0.2) is 35.5 Å². The van der Waals surface area contributed by atoms with Gasteiger partial charge in [0.15, 0.2) is 0 Å². The lowest BCUT2D eigenvalue weighted by atomic mass is 9.86. The maximum absolute atomic E-state index is 12.5. The third-order valence-corrected chi connectivity index (χ3v) is 4.70. The summed E-state index contributed by atoms with van der Waals surface area (Å²) in [6.07, 6.45) is 11.7. The summed E-state index contributed by atoms with van der Waals surface area (Å²) in [5.41, 5.74) is 0.889. The molecule has 0 spiro atoms. The number of nitrogens with zero attached hydrogens (tertiary/aromatic N) is 1. The van der Waals surface area contributed by atoms with Gasteiger partial charge in [-0.15, -0.1) is 0 Å². The third kappa shape index (κ3) is 5.36. The smallest absolute Gasteiger partial charge is 0.410 e. The van der Waals surface area contributed by atoms with Crippen molar-refractivity contribution in [3.8, 4) is 0 Å². The summed E-state index contributed by atoms with van der Waals surface area (Å²) >= 11 is 0. The van der Waals surface area contributed by atoms with E-state index < -0.39 is 5.60 Å². The fourth-order valence-corrected chi connectivity index (χ4v) is 3.59. The van der Waals surface area contributed by atoms with Gasteiger partial charge in [-0.25, -0.2) is 4.79 Å². The highest BCUT2D eigenvalue weighted by Crippen LogP contribution is 2.29. The number of rotatable bonds is 3. The van der Waals surface area contributed by atoms with Crippen LogP contribution in [0.15, 0.2) is 11.6 Å². The first-order valence-electron chi connectivity index (χ1n) is 9.05. The molecule has 0 N–H and O–H groups in total. The second kappa shape index (κ2) is 7.98. The molecule has 2 fully saturated rings. The van der Waals surface area contributed by atoms with Crippen molar-refractivity contribution in [1.82, 2.24) is 4.90 Å². The number of carbonyl (C=O) groups is 2. The second-order valence-electron chi connectivity index (χ2n) is 7.84. The number of ether oxygens (including phenoxy) is 1. The minimum Gasteiger partial charge on any atom is -0.444 e. The highest BCUT2D eigenvalue weighted by atomic mass is 16.6. The molecule has 2 atom stereocenters. The van der Waals surface area contributed by atoms with Gasteiger partial charge in [-0.1, -0.05) is 18.1 Å². The number of amides is 1. The van der Waals surface area contributed by atoms with Crippen molar-refractivity contribution < 1.29 is 14.3 Å². The summed E-state index contributed by atoms with van der Waals surface area (Å²) in [5.74, 6) is -0.198. The van der Waals surface area contributed by atoms with Crippen molar-refractivity contribution in [3.63, 3.8) is 0 Å². The second-order valence-corrected chi connectivity index (χ2v) is 7.84. The lowest BCUT2D eigenvalue weighted by Crippen LogP contribution is -2.49. The molecule has 1 saturated heterocycles. The predicted octanol–water partition coefficient (Wildman–Crippen LogP) is 4.48. The number of likely N-dealkylation sites (tertiary alicyclic amines) is 1. The highest BCUT2D eigenvalue weighted by Gasteiger charge is 2.34. The van der Waals surface area contributed by atoms with Gasteiger partial charge in [0.1, 0.15) is 11.9 Å². The Bertz CT molecular complexity index is 442. The fraction of sp³-hybridized carbons (Fsp3) is 0.789. The minimum atomic E-state index is -0.502. The third-order valence-electron chi connectivity index (χ3n) is 4.70. The topological polar surface area (TPSA) is 46.6 Å². The van der Waals surface area contributed by atoms with Crippen LogP contribution < -0.4 is 0 Å². The van der Waals surface area contributed by atoms with Crippen molar-refractivity contribution in [3.05, 3.63) is 11.6 Å². The van der Waals surface area contributed by atoms with E-state index in [1.165, 1.54) is 24.8 Å². The Hall–Kier alpha value is -1.32. The molecule has 130 valence electrons. The number of piperidine rings is 1. The largest absolute Gasteiger partial charge is 0.444 e. The summed E-state index contributed by atoms with van der Waals surface area (Å²) in [6.45, 7) is 6.33. The van der Waals surface area contributed by atoms with Crippen molar-refractivity contribution in [1.29, 1.82) is 0 Å². The summed E-state index contributed by atoms with van der Waals surface area (Å²) in [7, 11) is 0. The van der Waals surface area contributed by atoms with Crippen LogP contribution in [0.4, 0.5) is 4.79 Å². The van der Waals surface area contributed by atoms with Crippen LogP contribution in [0.5, 0.6) is 0 Å². The van der Waals surface area contributed by atoms with Gasteiger partial charge in [0, 0.05) is 12.6 Å². The van der Waals surface area contributed by atoms with Gasteiger partial charge in [0.05, 0.1) is 5.92 Å². The average Bonchev–Trinajstić information content (AvgIpc) is 2.52. The molecule has 1 aliphatic heterocycles. The van der Waals surface area contributed by atoms with Crippen LogP contribution in [0.25, 0.3) is 0 Å². The Morgan fingerprint density at radius 3 is 2.48 bits per heavy atom. The average molecular weight is 321 g/mol. The molecular formula is C19H31NO3. The molecule has 1 heterocycles. The summed E-state index contributed by atoms with van der Waals surface area (Å²) in [5, 5.41) is 0. The fourth-order valence-electron chi connectivity index (χ4n) is 3.59. The molecule has 23 heavy (non-hydrogen) atoms. The van der Waals surface area contributed by atoms with Gasteiger partial charge in [-0.2, -0.15) is 0 Å². The number of hydrogen-bond acceptors (Lipinski definition) is 3. The number of aldehydes is 1. The van der Waals surface area contributed by atoms with Gasteiger partial charge < -0.3 is 14.4 Å². The van der Waals surface area contributed by atoms with E-state index in [0.29, 0.717) is 6.54 Å². The molecule has 0 aromatic rings. The van der Waals surface area contributed by atoms with E-state index >= 15 is 0 Å². The normalized spacial score (nSPS) is 24.0. The SMILES string of the molecule is CC(C)(C)OC(=O)N1CCCC[C@@H]1[C@@H](C=O)C=C1CCCCC1. The Kier molecular flexibility index (Phi) is 6.25. The number of allylic oxidation sites excluding steroid dienone is 1. The molecule has 0 aromatic heterocycles. The zero-order valence-electron chi connectivity index (χ0n) is 14.8. The summed E-state index contributed by atoms with van der Waals surface area (Å²) in [6, 6.07) is -0.0504. The molecule has 0 radical (unpaired) electrons. The van der Waals surface area contributed by atoms with Crippen LogP contribution in [0, 0.1) is 5.92 Å². The van der Waals surface area contributed by atoms with Crippen LogP contribution in [0.1, 0.15) is 72.1 Å². The van der Waals surface area contributed by atoms with Crippen molar-refractivity contribution >= 4 is 12.4 Å². The minimum absolute atomic E-state index is 0.0504. The standard InChI is InChI=1S/C19H31NO3/c1-19(2,3)23-18(22)20-12-8-7-11-17(20)16(14-21)13-15-9-5-4-6-10-15/h13-14,16-17H,4-12H2,1-3H3/t16-,17-/m1/s1. The number of hydrogen-bond donors (Lipinski definition) is 0. The molecule has 1 aliphatic carbocycles. The van der Waals surface area contributed by atoms with Gasteiger partial charge in [-0.3, -0.25) is 0 Å². The molecule has 0 unspecified atom stereocenters. The summed E-state index contributed by atoms with van der Waals surface area (Å²) in [4.78, 5) is 26.0. The maximum atomic E-state index is 12.5. The van der Waals surface area contributed by atoms with E-state index in [2.05, 4.69) is 6.08 Å². The van der Waals surface area contributed by atoms with Crippen molar-refractivity contribution in [2.45, 2.75) is 83.8 Å². The molecule has 4 heteroatoms. The first-order chi connectivity index (χ1) is 10.9. The highest BCUT2D eigenvalue weighted by molar-refractivity contribution is 5.70. The van der Waals surface area contributed by atoms with E-state index in [-0.39, 0.29) is 18.1 Å². The van der Waals surface area contributed by atoms with Gasteiger partial charge in [0.25, 0.3) is 0 Å². The first-order valence-corrected chi connectivity index (χ1v) is 9.05. The van der Waals surface area contributed by atoms with Crippen LogP contribution in [-0.2, 0) is 9.53 Å². The molecule has 2 rings (SSSR count). The van der Waals surface area contributed by atoms with E-state index in [0.717, 1.165) is 38.4 Å². The van der Waals surface area contributed by atoms with Crippen molar-refractivity contribution in [2.75, 3.05) is 6.54 Å². The van der Waals surface area contributed by atoms with Gasteiger partial charge in [0.2, 0.25) is 0 Å². The monoisotopic (exact) mass is 321 g/mol. The molecule has 0 aromatic carbocycles. The van der Waals surface area contributed by atoms with Crippen molar-refractivity contribution in [2.24, 2.45) is 5.92 Å². The zero-order valence-corrected chi connectivity index (χ0v) is 14.8. The molecule has 0 bridgehead atoms. The number of carbonyl (C=O) groups excluding carboxylic acids is 2. The van der Waals surface area contributed by atoms with Crippen LogP contribution in [0.2, 0.25) is 0 Å². The first kappa shape index (κ1) is 18.0. The van der Waals surface area contributed by atoms with Crippen LogP contribution >= 0.6 is 0 Å². The Balaban J connectivity index is 2.11. The van der Waals surface area contributed by atoms with Gasteiger partial charge in [-0.05, 0) is 65.7 Å². The Morgan fingerprint density at radius 1 is 1.17 bits per heavy atom. The Morgan fingerprint density at radius 2 is 1.87 bits per heavy atom. The van der Waals surface area contributed by atoms with E-state index in [9.17, 15) is 9.59 Å². The molecular weight excluding hydrogens is 290 g/mol. The van der Waals surface area contributed by atoms with Crippen LogP contribution in [0.3, 0.4) is 0 Å². The molecule has 1 amide bonds. The maximum Gasteiger partial charge on any atom is 0.410 e. The van der Waals surface area contributed by atoms with E-state index in [1.54, 1.807) is 4.90 Å². The molecule has 2 aliphatic rings. The van der Waals surface area contributed by atoms with E-state index in [1.807, 2.05) is 20.8 Å². The molecule has 1 saturated carbocycles. The quantitative estimate of drug-likeness (QED) is 0.568. The summed E-state index contributed by atoms with van der Waals surface area (Å²) < 4.78 is 5.54. The zero-order chi connectivity index (χ0) is 16.9. The lowest BCUT2D eigenvalue weighted by Gasteiger charge is -2.38. The lowest BCUT2D eigenvalue weighted by molar-refractivity contribution is -0.111. The van der Waals surface area contributed by atoms with Gasteiger partial charge >= 0.3 is 6.09 Å². The molecule has 4 nitrogen and oxygen atoms in total. The predicted molar refractivity (Wildman–Crippen MR) is 91.3 cm³/mol. The van der Waals surface area contributed by atoms with E-state index in [4.69, 9.17) is 4.74 Å².